The summed E-state index contributed by atoms with van der Waals surface area (Å²) in [6, 6.07) is 38.8. The molecule has 1 aromatic heterocycles. The zero-order valence-electron chi connectivity index (χ0n) is 19.9. The topological polar surface area (TPSA) is 17.8 Å². The highest BCUT2D eigenvalue weighted by atomic mass is 15.1. The Morgan fingerprint density at radius 1 is 0.618 bits per heavy atom. The van der Waals surface area contributed by atoms with Crippen LogP contribution in [0.15, 0.2) is 122 Å². The molecule has 0 fully saturated rings. The monoisotopic (exact) mass is 442 g/mol. The Bertz CT molecular complexity index is 1260. The molecule has 0 N–H and O–H groups in total. The second-order valence-corrected chi connectivity index (χ2v) is 8.94. The molecule has 0 aliphatic rings. The van der Waals surface area contributed by atoms with E-state index in [0.29, 0.717) is 0 Å². The van der Waals surface area contributed by atoms with Crippen LogP contribution in [0.3, 0.4) is 0 Å². The van der Waals surface area contributed by atoms with E-state index in [1.165, 1.54) is 33.4 Å². The van der Waals surface area contributed by atoms with E-state index >= 15 is 0 Å². The number of hydrogen-bond acceptors (Lipinski definition) is 1. The maximum Gasteiger partial charge on any atom is 0.121 e. The van der Waals surface area contributed by atoms with Crippen molar-refractivity contribution in [1.29, 1.82) is 0 Å². The maximum absolute atomic E-state index is 4.89. The minimum absolute atomic E-state index is 0.506. The summed E-state index contributed by atoms with van der Waals surface area (Å²) >= 11 is 0. The molecule has 168 valence electrons. The summed E-state index contributed by atoms with van der Waals surface area (Å²) in [5.41, 5.74) is 8.37. The van der Waals surface area contributed by atoms with Crippen molar-refractivity contribution in [3.05, 3.63) is 161 Å². The molecule has 5 rings (SSSR count). The molecule has 2 nitrogen and oxygen atoms in total. The lowest BCUT2D eigenvalue weighted by Gasteiger charge is -2.37. The lowest BCUT2D eigenvalue weighted by Crippen LogP contribution is -2.36. The number of nitrogens with zero attached hydrogens (tertiary/aromatic N) is 2. The van der Waals surface area contributed by atoms with E-state index in [-0.39, 0.29) is 0 Å². The van der Waals surface area contributed by atoms with Crippen molar-refractivity contribution in [2.75, 3.05) is 0 Å². The van der Waals surface area contributed by atoms with E-state index in [1.54, 1.807) is 0 Å². The minimum Gasteiger partial charge on any atom is -0.319 e. The first-order chi connectivity index (χ1) is 16.7. The Morgan fingerprint density at radius 3 is 1.68 bits per heavy atom. The molecule has 0 bridgehead atoms. The van der Waals surface area contributed by atoms with E-state index in [9.17, 15) is 0 Å². The molecule has 0 saturated heterocycles. The van der Waals surface area contributed by atoms with Crippen molar-refractivity contribution >= 4 is 0 Å². The van der Waals surface area contributed by atoms with Gasteiger partial charge in [-0.2, -0.15) is 0 Å². The number of benzene rings is 4. The number of aromatic nitrogens is 2. The minimum atomic E-state index is -0.506. The summed E-state index contributed by atoms with van der Waals surface area (Å²) in [4.78, 5) is 4.89. The van der Waals surface area contributed by atoms with E-state index < -0.39 is 5.54 Å². The average molecular weight is 443 g/mol. The van der Waals surface area contributed by atoms with Gasteiger partial charge in [-0.15, -0.1) is 0 Å². The molecule has 0 unspecified atom stereocenters. The predicted octanol–water partition coefficient (Wildman–Crippen LogP) is 7.13. The molecular formula is C32H30N2. The zero-order valence-corrected chi connectivity index (χ0v) is 19.9. The molecule has 4 aromatic carbocycles. The van der Waals surface area contributed by atoms with Crippen LogP contribution in [0, 0.1) is 13.8 Å². The Labute approximate surface area is 202 Å². The van der Waals surface area contributed by atoms with Gasteiger partial charge in [-0.1, -0.05) is 109 Å². The fourth-order valence-electron chi connectivity index (χ4n) is 5.01. The molecular weight excluding hydrogens is 412 g/mol. The summed E-state index contributed by atoms with van der Waals surface area (Å²) < 4.78 is 2.30. The van der Waals surface area contributed by atoms with Crippen molar-refractivity contribution in [3.8, 4) is 0 Å². The summed E-state index contributed by atoms with van der Waals surface area (Å²) in [5.74, 6) is 0. The zero-order chi connectivity index (χ0) is 23.4. The smallest absolute Gasteiger partial charge is 0.121 e. The quantitative estimate of drug-likeness (QED) is 0.245. The molecule has 0 saturated carbocycles. The van der Waals surface area contributed by atoms with Crippen LogP contribution in [0.2, 0.25) is 0 Å². The van der Waals surface area contributed by atoms with Crippen molar-refractivity contribution in [2.45, 2.75) is 32.2 Å². The number of hydrogen-bond donors (Lipinski definition) is 0. The van der Waals surface area contributed by atoms with Gasteiger partial charge in [0.1, 0.15) is 5.54 Å². The third-order valence-electron chi connectivity index (χ3n) is 6.97. The van der Waals surface area contributed by atoms with Crippen LogP contribution < -0.4 is 0 Å². The van der Waals surface area contributed by atoms with Crippen LogP contribution in [0.1, 0.15) is 39.1 Å². The van der Waals surface area contributed by atoms with E-state index in [2.05, 4.69) is 134 Å². The van der Waals surface area contributed by atoms with Gasteiger partial charge in [-0.3, -0.25) is 0 Å². The molecule has 2 heteroatoms. The highest BCUT2D eigenvalue weighted by Crippen LogP contribution is 2.40. The first kappa shape index (κ1) is 21.9. The SMILES string of the molecule is Cc1cccc(CCc2cn(C(c3ccccc3)(c3ccccc3)c3ccccc3)cn2)c1C. The highest BCUT2D eigenvalue weighted by Gasteiger charge is 2.38. The molecule has 34 heavy (non-hydrogen) atoms. The van der Waals surface area contributed by atoms with Gasteiger partial charge < -0.3 is 4.57 Å². The largest absolute Gasteiger partial charge is 0.319 e. The molecule has 1 heterocycles. The second kappa shape index (κ2) is 9.52. The van der Waals surface area contributed by atoms with Crippen LogP contribution in [0.4, 0.5) is 0 Å². The molecule has 0 aliphatic carbocycles. The lowest BCUT2D eigenvalue weighted by molar-refractivity contribution is 0.514. The van der Waals surface area contributed by atoms with Crippen molar-refractivity contribution in [1.82, 2.24) is 9.55 Å². The molecule has 5 aromatic rings. The third kappa shape index (κ3) is 3.97. The van der Waals surface area contributed by atoms with E-state index in [0.717, 1.165) is 18.5 Å². The highest BCUT2D eigenvalue weighted by molar-refractivity contribution is 5.50. The molecule has 0 amide bonds. The van der Waals surface area contributed by atoms with Gasteiger partial charge in [0, 0.05) is 6.20 Å². The maximum atomic E-state index is 4.89. The number of aryl methyl sites for hydroxylation is 3. The van der Waals surface area contributed by atoms with Gasteiger partial charge in [-0.25, -0.2) is 4.98 Å². The van der Waals surface area contributed by atoms with E-state index in [1.807, 2.05) is 6.33 Å². The van der Waals surface area contributed by atoms with Crippen molar-refractivity contribution < 1.29 is 0 Å². The van der Waals surface area contributed by atoms with Crippen LogP contribution in [0.5, 0.6) is 0 Å². The van der Waals surface area contributed by atoms with Gasteiger partial charge in [-0.05, 0) is 60.1 Å². The van der Waals surface area contributed by atoms with Crippen LogP contribution in [-0.2, 0) is 18.4 Å². The standard InChI is InChI=1S/C32H30N2/c1-25-13-12-14-27(26(25)2)21-22-31-23-34(24-33-31)32(28-15-6-3-7-16-28,29-17-8-4-9-18-29)30-19-10-5-11-20-30/h3-20,23-24H,21-22H2,1-2H3. The fourth-order valence-corrected chi connectivity index (χ4v) is 5.01. The van der Waals surface area contributed by atoms with Gasteiger partial charge in [0.05, 0.1) is 12.0 Å². The predicted molar refractivity (Wildman–Crippen MR) is 140 cm³/mol. The number of rotatable bonds is 7. The first-order valence-corrected chi connectivity index (χ1v) is 11.9. The Kier molecular flexibility index (Phi) is 6.14. The van der Waals surface area contributed by atoms with Crippen LogP contribution in [-0.4, -0.2) is 9.55 Å². The van der Waals surface area contributed by atoms with Gasteiger partial charge in [0.2, 0.25) is 0 Å². The summed E-state index contributed by atoms with van der Waals surface area (Å²) in [6.45, 7) is 4.40. The Hall–Kier alpha value is -3.91. The Balaban J connectivity index is 1.62. The molecule has 0 atom stereocenters. The summed E-state index contributed by atoms with van der Waals surface area (Å²) in [6.07, 6.45) is 6.13. The molecule has 0 aliphatic heterocycles. The molecule has 0 spiro atoms. The number of imidazole rings is 1. The Morgan fingerprint density at radius 2 is 1.15 bits per heavy atom. The molecule has 0 radical (unpaired) electrons. The van der Waals surface area contributed by atoms with Gasteiger partial charge in [0.15, 0.2) is 0 Å². The normalized spacial score (nSPS) is 11.5. The van der Waals surface area contributed by atoms with Crippen LogP contribution in [0.25, 0.3) is 0 Å². The lowest BCUT2D eigenvalue weighted by atomic mass is 9.77. The fraction of sp³-hybridized carbons (Fsp3) is 0.156. The van der Waals surface area contributed by atoms with Crippen LogP contribution >= 0.6 is 0 Å². The average Bonchev–Trinajstić information content (AvgIpc) is 3.37. The van der Waals surface area contributed by atoms with E-state index in [4.69, 9.17) is 4.98 Å². The van der Waals surface area contributed by atoms with Gasteiger partial charge >= 0.3 is 0 Å². The van der Waals surface area contributed by atoms with Crippen molar-refractivity contribution in [3.63, 3.8) is 0 Å². The van der Waals surface area contributed by atoms with Crippen molar-refractivity contribution in [2.24, 2.45) is 0 Å². The van der Waals surface area contributed by atoms with Gasteiger partial charge in [0.25, 0.3) is 0 Å². The summed E-state index contributed by atoms with van der Waals surface area (Å²) in [5, 5.41) is 0. The second-order valence-electron chi connectivity index (χ2n) is 8.94. The first-order valence-electron chi connectivity index (χ1n) is 11.9. The third-order valence-corrected chi connectivity index (χ3v) is 6.97. The summed E-state index contributed by atoms with van der Waals surface area (Å²) in [7, 11) is 0.